The molecule has 0 aliphatic heterocycles. The second-order valence-electron chi connectivity index (χ2n) is 3.98. The first-order chi connectivity index (χ1) is 9.91. The van der Waals surface area contributed by atoms with Gasteiger partial charge in [-0.05, 0) is 24.3 Å². The third-order valence-corrected chi connectivity index (χ3v) is 4.82. The molecule has 0 aliphatic rings. The van der Waals surface area contributed by atoms with Crippen LogP contribution < -0.4 is 0 Å². The zero-order valence-corrected chi connectivity index (χ0v) is 14.3. The molecule has 0 N–H and O–H groups in total. The molecule has 0 saturated carbocycles. The van der Waals surface area contributed by atoms with Gasteiger partial charge in [0, 0.05) is 8.58 Å². The minimum atomic E-state index is -0.695. The van der Waals surface area contributed by atoms with Crippen molar-refractivity contribution in [3.05, 3.63) is 67.6 Å². The van der Waals surface area contributed by atoms with E-state index in [0.717, 1.165) is 0 Å². The van der Waals surface area contributed by atoms with Crippen LogP contribution >= 0.6 is 55.0 Å². The number of rotatable bonds is 4. The molecule has 0 amide bonds. The van der Waals surface area contributed by atoms with E-state index in [0.29, 0.717) is 0 Å². The van der Waals surface area contributed by atoms with Gasteiger partial charge in [-0.15, -0.1) is 0 Å². The zero-order chi connectivity index (χ0) is 15.6. The number of carbonyl (C=O) groups is 2. The molecule has 0 radical (unpaired) electrons. The quantitative estimate of drug-likeness (QED) is 0.614. The maximum absolute atomic E-state index is 12.2. The largest absolute Gasteiger partial charge is 0.289 e. The van der Waals surface area contributed by atoms with E-state index >= 15 is 0 Å². The summed E-state index contributed by atoms with van der Waals surface area (Å²) in [4.78, 5) is 24.5. The lowest BCUT2D eigenvalue weighted by atomic mass is 10.2. The number of hydrogen-bond donors (Lipinski definition) is 0. The summed E-state index contributed by atoms with van der Waals surface area (Å²) in [6, 6.07) is 9.40. The summed E-state index contributed by atoms with van der Waals surface area (Å²) in [5.74, 6) is 0. The minimum Gasteiger partial charge on any atom is -0.289 e. The number of halogens is 4. The molecular weight excluding hydrogens is 373 g/mol. The Hall–Kier alpha value is -0.630. The van der Waals surface area contributed by atoms with Gasteiger partial charge in [0.2, 0.25) is 0 Å². The first-order valence-electron chi connectivity index (χ1n) is 5.65. The highest BCUT2D eigenvalue weighted by atomic mass is 35.5. The highest BCUT2D eigenvalue weighted by molar-refractivity contribution is 7.75. The van der Waals surface area contributed by atoms with Crippen LogP contribution in [0.3, 0.4) is 0 Å². The maximum atomic E-state index is 12.2. The van der Waals surface area contributed by atoms with E-state index in [4.69, 9.17) is 46.4 Å². The maximum Gasteiger partial charge on any atom is 0.192 e. The summed E-state index contributed by atoms with van der Waals surface area (Å²) in [6.45, 7) is 0. The highest BCUT2D eigenvalue weighted by Crippen LogP contribution is 2.36. The van der Waals surface area contributed by atoms with Crippen molar-refractivity contribution in [2.24, 2.45) is 0 Å². The lowest BCUT2D eigenvalue weighted by Crippen LogP contribution is -2.01. The SMILES string of the molecule is O=C(PC(=O)c1c(Cl)cccc1Cl)c1c(Cl)cccc1Cl. The van der Waals surface area contributed by atoms with Crippen LogP contribution in [0.2, 0.25) is 20.1 Å². The molecule has 0 heterocycles. The first-order valence-corrected chi connectivity index (χ1v) is 8.16. The van der Waals surface area contributed by atoms with Crippen LogP contribution in [-0.2, 0) is 0 Å². The molecule has 0 aromatic heterocycles. The summed E-state index contributed by atoms with van der Waals surface area (Å²) >= 11 is 23.8. The molecule has 2 aromatic rings. The molecule has 0 bridgehead atoms. The Labute approximate surface area is 143 Å². The van der Waals surface area contributed by atoms with Crippen LogP contribution in [0.25, 0.3) is 0 Å². The van der Waals surface area contributed by atoms with Crippen LogP contribution in [0.4, 0.5) is 0 Å². The van der Waals surface area contributed by atoms with Gasteiger partial charge in [0.25, 0.3) is 0 Å². The van der Waals surface area contributed by atoms with E-state index in [-0.39, 0.29) is 31.2 Å². The van der Waals surface area contributed by atoms with E-state index in [2.05, 4.69) is 0 Å². The van der Waals surface area contributed by atoms with Gasteiger partial charge in [0.1, 0.15) is 0 Å². The lowest BCUT2D eigenvalue weighted by molar-refractivity contribution is 0.105. The normalized spacial score (nSPS) is 10.5. The van der Waals surface area contributed by atoms with Gasteiger partial charge in [-0.3, -0.25) is 9.59 Å². The molecule has 2 aromatic carbocycles. The van der Waals surface area contributed by atoms with Crippen LogP contribution in [0, 0.1) is 0 Å². The van der Waals surface area contributed by atoms with E-state index in [1.165, 1.54) is 24.3 Å². The molecule has 0 saturated heterocycles. The van der Waals surface area contributed by atoms with Gasteiger partial charge < -0.3 is 0 Å². The van der Waals surface area contributed by atoms with Crippen molar-refractivity contribution in [2.75, 3.05) is 0 Å². The summed E-state index contributed by atoms with van der Waals surface area (Å²) in [6.07, 6.45) is 0. The molecule has 2 nitrogen and oxygen atoms in total. The molecule has 7 heteroatoms. The van der Waals surface area contributed by atoms with Crippen molar-refractivity contribution in [2.45, 2.75) is 0 Å². The van der Waals surface area contributed by atoms with Crippen LogP contribution in [0.15, 0.2) is 36.4 Å². The van der Waals surface area contributed by atoms with Gasteiger partial charge in [-0.2, -0.15) is 0 Å². The Morgan fingerprint density at radius 3 is 1.24 bits per heavy atom. The van der Waals surface area contributed by atoms with Crippen molar-refractivity contribution in [1.29, 1.82) is 0 Å². The molecule has 0 unspecified atom stereocenters. The van der Waals surface area contributed by atoms with Crippen LogP contribution in [-0.4, -0.2) is 11.0 Å². The second kappa shape index (κ2) is 7.09. The van der Waals surface area contributed by atoms with Crippen molar-refractivity contribution >= 4 is 66.0 Å². The predicted octanol–water partition coefficient (Wildman–Crippen LogP) is 5.96. The van der Waals surface area contributed by atoms with Crippen molar-refractivity contribution < 1.29 is 9.59 Å². The fourth-order valence-electron chi connectivity index (χ4n) is 1.66. The van der Waals surface area contributed by atoms with Gasteiger partial charge in [-0.1, -0.05) is 58.5 Å². The Morgan fingerprint density at radius 2 is 0.952 bits per heavy atom. The Morgan fingerprint density at radius 1 is 0.667 bits per heavy atom. The fourth-order valence-corrected chi connectivity index (χ4v) is 4.11. The van der Waals surface area contributed by atoms with Crippen LogP contribution in [0.5, 0.6) is 0 Å². The molecule has 2 rings (SSSR count). The molecule has 0 fully saturated rings. The number of hydrogen-bond acceptors (Lipinski definition) is 2. The Bertz CT molecular complexity index is 629. The van der Waals surface area contributed by atoms with Crippen molar-refractivity contribution in [1.82, 2.24) is 0 Å². The smallest absolute Gasteiger partial charge is 0.192 e. The van der Waals surface area contributed by atoms with Gasteiger partial charge in [-0.25, -0.2) is 0 Å². The third-order valence-electron chi connectivity index (χ3n) is 2.61. The van der Waals surface area contributed by atoms with Gasteiger partial charge >= 0.3 is 0 Å². The van der Waals surface area contributed by atoms with E-state index in [9.17, 15) is 9.59 Å². The molecule has 21 heavy (non-hydrogen) atoms. The standard InChI is InChI=1S/C14H7Cl4O2P/c15-7-3-1-4-8(16)11(7)13(19)21-14(20)12-9(17)5-2-6-10(12)18/h1-6,21H. The average molecular weight is 380 g/mol. The molecule has 0 atom stereocenters. The minimum absolute atomic E-state index is 0.135. The Kier molecular flexibility index (Phi) is 5.65. The molecular formula is C14H7Cl4O2P. The fraction of sp³-hybridized carbons (Fsp3) is 0. The summed E-state index contributed by atoms with van der Waals surface area (Å²) in [7, 11) is -0.695. The molecule has 108 valence electrons. The van der Waals surface area contributed by atoms with Crippen molar-refractivity contribution in [3.8, 4) is 0 Å². The summed E-state index contributed by atoms with van der Waals surface area (Å²) in [5, 5.41) is 0.826. The Balaban J connectivity index is 2.30. The summed E-state index contributed by atoms with van der Waals surface area (Å²) in [5.41, 5.74) is -0.635. The number of carbonyl (C=O) groups excluding carboxylic acids is 2. The van der Waals surface area contributed by atoms with Gasteiger partial charge in [0.15, 0.2) is 11.0 Å². The third kappa shape index (κ3) is 3.77. The van der Waals surface area contributed by atoms with Gasteiger partial charge in [0.05, 0.1) is 31.2 Å². The topological polar surface area (TPSA) is 34.1 Å². The summed E-state index contributed by atoms with van der Waals surface area (Å²) < 4.78 is 0. The molecule has 0 aliphatic carbocycles. The highest BCUT2D eigenvalue weighted by Gasteiger charge is 2.21. The van der Waals surface area contributed by atoms with E-state index in [1.807, 2.05) is 0 Å². The first kappa shape index (κ1) is 16.7. The monoisotopic (exact) mass is 378 g/mol. The predicted molar refractivity (Wildman–Crippen MR) is 89.9 cm³/mol. The van der Waals surface area contributed by atoms with E-state index in [1.54, 1.807) is 12.1 Å². The average Bonchev–Trinajstić information content (AvgIpc) is 2.38. The van der Waals surface area contributed by atoms with E-state index < -0.39 is 19.6 Å². The van der Waals surface area contributed by atoms with Crippen molar-refractivity contribution in [3.63, 3.8) is 0 Å². The van der Waals surface area contributed by atoms with Crippen LogP contribution in [0.1, 0.15) is 20.7 Å². The lowest BCUT2D eigenvalue weighted by Gasteiger charge is -2.07. The number of benzene rings is 2. The second-order valence-corrected chi connectivity index (χ2v) is 6.76. The molecule has 0 spiro atoms. The zero-order valence-electron chi connectivity index (χ0n) is 10.3.